The maximum Gasteiger partial charge on any atom is 0.159 e. The topological polar surface area (TPSA) is 70.0 Å². The summed E-state index contributed by atoms with van der Waals surface area (Å²) in [6, 6.07) is 54.1. The molecule has 51 heavy (non-hydrogen) atoms. The molecule has 11 rings (SSSR count). The Balaban J connectivity index is 1.12. The molecule has 1 aliphatic heterocycles. The SMILES string of the molecule is c1ccc(C2N=C(c3cccc4oc5c(-n6c7ccccc7c7ccccc76)cccc5c34)N=C(c3ccc4c(c3)oc3ccccc34)[N-]2)cc1. The van der Waals surface area contributed by atoms with Crippen LogP contribution in [-0.4, -0.2) is 16.2 Å². The first kappa shape index (κ1) is 28.0. The van der Waals surface area contributed by atoms with Crippen LogP contribution in [0, 0.1) is 0 Å². The molecule has 3 aromatic heterocycles. The van der Waals surface area contributed by atoms with Gasteiger partial charge in [-0.05, 0) is 53.6 Å². The second-order valence-electron chi connectivity index (χ2n) is 12.9. The quantitative estimate of drug-likeness (QED) is 0.189. The number of aliphatic imine (C=N–C) groups is 2. The highest BCUT2D eigenvalue weighted by Crippen LogP contribution is 2.40. The van der Waals surface area contributed by atoms with Gasteiger partial charge in [0.05, 0.1) is 28.7 Å². The number of amidine groups is 2. The number of benzene rings is 7. The molecule has 7 aromatic carbocycles. The number of aromatic nitrogens is 1. The molecule has 10 aromatic rings. The summed E-state index contributed by atoms with van der Waals surface area (Å²) in [5.41, 5.74) is 9.24. The molecule has 0 amide bonds. The van der Waals surface area contributed by atoms with Gasteiger partial charge in [-0.2, -0.15) is 0 Å². The third kappa shape index (κ3) is 4.23. The van der Waals surface area contributed by atoms with Crippen molar-refractivity contribution in [3.8, 4) is 5.69 Å². The van der Waals surface area contributed by atoms with E-state index in [0.717, 1.165) is 77.3 Å². The fourth-order valence-corrected chi connectivity index (χ4v) is 7.70. The lowest BCUT2D eigenvalue weighted by Crippen LogP contribution is -2.16. The Labute approximate surface area is 291 Å². The van der Waals surface area contributed by atoms with Crippen molar-refractivity contribution in [3.63, 3.8) is 0 Å². The third-order valence-corrected chi connectivity index (χ3v) is 10.00. The van der Waals surface area contributed by atoms with Crippen molar-refractivity contribution in [3.05, 3.63) is 180 Å². The molecule has 0 spiro atoms. The predicted molar refractivity (Wildman–Crippen MR) is 207 cm³/mol. The van der Waals surface area contributed by atoms with Crippen LogP contribution in [0.4, 0.5) is 0 Å². The molecule has 0 saturated heterocycles. The molecule has 0 bridgehead atoms. The summed E-state index contributed by atoms with van der Waals surface area (Å²) in [6.07, 6.45) is -0.471. The van der Waals surface area contributed by atoms with Gasteiger partial charge in [-0.15, -0.1) is 0 Å². The lowest BCUT2D eigenvalue weighted by atomic mass is 10.0. The van der Waals surface area contributed by atoms with E-state index < -0.39 is 6.17 Å². The van der Waals surface area contributed by atoms with E-state index in [1.165, 1.54) is 10.8 Å². The third-order valence-electron chi connectivity index (χ3n) is 10.00. The zero-order valence-electron chi connectivity index (χ0n) is 27.2. The second-order valence-corrected chi connectivity index (χ2v) is 12.9. The van der Waals surface area contributed by atoms with Gasteiger partial charge in [-0.3, -0.25) is 4.99 Å². The summed E-state index contributed by atoms with van der Waals surface area (Å²) in [7, 11) is 0. The first-order chi connectivity index (χ1) is 25.3. The van der Waals surface area contributed by atoms with Crippen LogP contribution in [0.15, 0.2) is 177 Å². The summed E-state index contributed by atoms with van der Waals surface area (Å²) >= 11 is 0. The van der Waals surface area contributed by atoms with Crippen LogP contribution in [0.2, 0.25) is 0 Å². The molecular formula is C45H27N4O2-. The summed E-state index contributed by atoms with van der Waals surface area (Å²) < 4.78 is 15.3. The smallest absolute Gasteiger partial charge is 0.159 e. The van der Waals surface area contributed by atoms with E-state index in [0.29, 0.717) is 11.7 Å². The molecule has 240 valence electrons. The number of para-hydroxylation sites is 4. The minimum Gasteiger partial charge on any atom is -0.456 e. The van der Waals surface area contributed by atoms with Gasteiger partial charge in [0.25, 0.3) is 0 Å². The summed E-state index contributed by atoms with van der Waals surface area (Å²) in [6.45, 7) is 0. The highest BCUT2D eigenvalue weighted by atomic mass is 16.3. The molecule has 1 atom stereocenters. The van der Waals surface area contributed by atoms with Gasteiger partial charge in [0, 0.05) is 37.9 Å². The van der Waals surface area contributed by atoms with E-state index in [2.05, 4.69) is 108 Å². The highest BCUT2D eigenvalue weighted by molar-refractivity contribution is 6.25. The number of hydrogen-bond donors (Lipinski definition) is 0. The number of hydrogen-bond acceptors (Lipinski definition) is 4. The first-order valence-electron chi connectivity index (χ1n) is 17.1. The zero-order chi connectivity index (χ0) is 33.5. The number of nitrogens with zero attached hydrogens (tertiary/aromatic N) is 4. The summed E-state index contributed by atoms with van der Waals surface area (Å²) in [5.74, 6) is 1.21. The van der Waals surface area contributed by atoms with Crippen LogP contribution in [0.25, 0.3) is 76.7 Å². The van der Waals surface area contributed by atoms with Crippen LogP contribution < -0.4 is 0 Å². The van der Waals surface area contributed by atoms with Crippen LogP contribution >= 0.6 is 0 Å². The Kier molecular flexibility index (Phi) is 5.92. The Hall–Kier alpha value is -6.92. The lowest BCUT2D eigenvalue weighted by molar-refractivity contribution is 0.666. The summed E-state index contributed by atoms with van der Waals surface area (Å²) in [4.78, 5) is 10.3. The maximum absolute atomic E-state index is 6.78. The fourth-order valence-electron chi connectivity index (χ4n) is 7.70. The number of furan rings is 2. The van der Waals surface area contributed by atoms with Gasteiger partial charge in [0.1, 0.15) is 16.7 Å². The first-order valence-corrected chi connectivity index (χ1v) is 17.1. The molecule has 0 fully saturated rings. The van der Waals surface area contributed by atoms with Crippen molar-refractivity contribution >= 4 is 77.4 Å². The van der Waals surface area contributed by atoms with Crippen LogP contribution in [0.3, 0.4) is 0 Å². The fraction of sp³-hybridized carbons (Fsp3) is 0.0222. The number of fused-ring (bicyclic) bond motifs is 9. The van der Waals surface area contributed by atoms with E-state index in [4.69, 9.17) is 24.1 Å². The maximum atomic E-state index is 6.78. The molecule has 6 heteroatoms. The molecule has 0 radical (unpaired) electrons. The lowest BCUT2D eigenvalue weighted by Gasteiger charge is -2.32. The molecule has 0 N–H and O–H groups in total. The normalized spacial score (nSPS) is 14.9. The molecular weight excluding hydrogens is 629 g/mol. The van der Waals surface area contributed by atoms with Gasteiger partial charge in [0.2, 0.25) is 0 Å². The van der Waals surface area contributed by atoms with Crippen molar-refractivity contribution < 1.29 is 8.83 Å². The zero-order valence-corrected chi connectivity index (χ0v) is 27.2. The van der Waals surface area contributed by atoms with Crippen molar-refractivity contribution in [2.24, 2.45) is 9.98 Å². The average molecular weight is 656 g/mol. The molecule has 1 aliphatic rings. The predicted octanol–water partition coefficient (Wildman–Crippen LogP) is 11.9. The van der Waals surface area contributed by atoms with Crippen molar-refractivity contribution in [1.82, 2.24) is 4.57 Å². The standard InChI is InChI=1S/C45H27N4O2/c1-2-12-27(13-3-1)43-46-44(28-24-25-32-31-16-6-9-22-38(31)50-40(32)26-28)48-45(47-43)34-18-11-23-39-41(34)33-17-10-21-37(42(33)51-39)49-35-19-7-4-14-29(35)30-15-5-8-20-36(30)49/h1-26,43H/q-1. The largest absolute Gasteiger partial charge is 0.456 e. The van der Waals surface area contributed by atoms with Gasteiger partial charge in [-0.25, -0.2) is 0 Å². The second kappa shape index (κ2) is 10.8. The Bertz CT molecular complexity index is 3020. The van der Waals surface area contributed by atoms with E-state index in [1.807, 2.05) is 54.6 Å². The van der Waals surface area contributed by atoms with E-state index in [-0.39, 0.29) is 0 Å². The monoisotopic (exact) mass is 655 g/mol. The average Bonchev–Trinajstić information content (AvgIpc) is 3.87. The highest BCUT2D eigenvalue weighted by Gasteiger charge is 2.21. The summed E-state index contributed by atoms with van der Waals surface area (Å²) in [5, 5.41) is 11.6. The van der Waals surface area contributed by atoms with Crippen molar-refractivity contribution in [2.75, 3.05) is 0 Å². The number of rotatable bonds is 4. The molecule has 0 saturated carbocycles. The van der Waals surface area contributed by atoms with Crippen LogP contribution in [0.5, 0.6) is 0 Å². The molecule has 6 nitrogen and oxygen atoms in total. The van der Waals surface area contributed by atoms with Gasteiger partial charge < -0.3 is 23.7 Å². The Morgan fingerprint density at radius 3 is 2.02 bits per heavy atom. The van der Waals surface area contributed by atoms with Crippen LogP contribution in [-0.2, 0) is 0 Å². The molecule has 0 aliphatic carbocycles. The Morgan fingerprint density at radius 2 is 1.20 bits per heavy atom. The van der Waals surface area contributed by atoms with Crippen molar-refractivity contribution in [1.29, 1.82) is 0 Å². The minimum atomic E-state index is -0.471. The minimum absolute atomic E-state index is 0.471. The van der Waals surface area contributed by atoms with E-state index in [1.54, 1.807) is 0 Å². The van der Waals surface area contributed by atoms with Gasteiger partial charge in [0.15, 0.2) is 5.58 Å². The van der Waals surface area contributed by atoms with E-state index >= 15 is 0 Å². The van der Waals surface area contributed by atoms with Crippen LogP contribution in [0.1, 0.15) is 22.9 Å². The van der Waals surface area contributed by atoms with Gasteiger partial charge in [-0.1, -0.05) is 121 Å². The molecule has 4 heterocycles. The van der Waals surface area contributed by atoms with Crippen molar-refractivity contribution in [2.45, 2.75) is 6.17 Å². The van der Waals surface area contributed by atoms with E-state index in [9.17, 15) is 0 Å². The van der Waals surface area contributed by atoms with Gasteiger partial charge >= 0.3 is 0 Å². The molecule has 1 unspecified atom stereocenters. The Morgan fingerprint density at radius 1 is 0.529 bits per heavy atom.